The first-order chi connectivity index (χ1) is 20.4. The van der Waals surface area contributed by atoms with Crippen LogP contribution in [0.5, 0.6) is 11.5 Å². The molecule has 3 aliphatic rings. The predicted molar refractivity (Wildman–Crippen MR) is 154 cm³/mol. The summed E-state index contributed by atoms with van der Waals surface area (Å²) in [7, 11) is 1.59. The Hall–Kier alpha value is -4.60. The zero-order chi connectivity index (χ0) is 29.3. The number of carboxylic acid groups (broad SMARTS) is 1. The number of amides is 2. The van der Waals surface area contributed by atoms with Crippen LogP contribution < -0.4 is 14.8 Å². The third kappa shape index (κ3) is 5.36. The third-order valence-electron chi connectivity index (χ3n) is 8.24. The summed E-state index contributed by atoms with van der Waals surface area (Å²) >= 11 is 0. The van der Waals surface area contributed by atoms with Crippen LogP contribution in [0.25, 0.3) is 22.2 Å². The first-order valence-corrected chi connectivity index (χ1v) is 14.2. The molecule has 2 aliphatic heterocycles. The largest absolute Gasteiger partial charge is 0.497 e. The number of nitrogens with one attached hydrogen (secondary N) is 1. The van der Waals surface area contributed by atoms with Crippen LogP contribution in [-0.4, -0.2) is 70.9 Å². The second-order valence-electron chi connectivity index (χ2n) is 11.0. The molecule has 2 N–H and O–H groups in total. The van der Waals surface area contributed by atoms with Gasteiger partial charge in [-0.2, -0.15) is 0 Å². The van der Waals surface area contributed by atoms with Crippen LogP contribution in [0.15, 0.2) is 66.7 Å². The molecule has 3 heterocycles. The molecule has 1 aliphatic carbocycles. The highest BCUT2D eigenvalue weighted by Crippen LogP contribution is 2.45. The Bertz CT molecular complexity index is 1540. The number of benzene rings is 2. The van der Waals surface area contributed by atoms with Gasteiger partial charge in [-0.1, -0.05) is 42.5 Å². The van der Waals surface area contributed by atoms with Gasteiger partial charge in [0.25, 0.3) is 0 Å². The molecule has 1 saturated carbocycles. The van der Waals surface area contributed by atoms with Crippen molar-refractivity contribution in [1.82, 2.24) is 15.2 Å². The van der Waals surface area contributed by atoms with Crippen molar-refractivity contribution in [3.8, 4) is 22.8 Å². The van der Waals surface area contributed by atoms with Gasteiger partial charge in [-0.25, -0.2) is 14.6 Å². The highest BCUT2D eigenvalue weighted by atomic mass is 16.6. The fourth-order valence-electron chi connectivity index (χ4n) is 5.80. The standard InChI is InChI=1S/C32H33N3O7/c1-40-22-12-13-24-26(15-22)33-25(20-9-5-4-6-10-20)17-28(24)42-23-16-27-29(36)34-32(30(37)38)18-21(32)11-7-2-3-8-14-41-31(39)35(27)19-23/h4-7,9-13,15,17,21,23,27H,2-3,8,14,16,18-19H2,1H3,(H,34,36)(H,37,38)/t21-,23-,27+,32-/m1/s1. The first kappa shape index (κ1) is 27.6. The fraction of sp³-hybridized carbons (Fsp3) is 0.375. The number of nitrogens with zero attached hydrogens (tertiary/aromatic N) is 2. The van der Waals surface area contributed by atoms with Gasteiger partial charge in [0.2, 0.25) is 5.91 Å². The topological polar surface area (TPSA) is 127 Å². The molecule has 2 fully saturated rings. The van der Waals surface area contributed by atoms with E-state index < -0.39 is 35.7 Å². The van der Waals surface area contributed by atoms with Crippen LogP contribution in [0.3, 0.4) is 0 Å². The zero-order valence-corrected chi connectivity index (χ0v) is 23.3. The highest BCUT2D eigenvalue weighted by Gasteiger charge is 2.61. The maximum atomic E-state index is 13.6. The highest BCUT2D eigenvalue weighted by molar-refractivity contribution is 5.94. The second-order valence-corrected chi connectivity index (χ2v) is 11.0. The van der Waals surface area contributed by atoms with Gasteiger partial charge in [-0.05, 0) is 37.8 Å². The normalized spacial score (nSPS) is 25.9. The minimum absolute atomic E-state index is 0.112. The summed E-state index contributed by atoms with van der Waals surface area (Å²) in [5, 5.41) is 13.5. The van der Waals surface area contributed by atoms with E-state index in [1.807, 2.05) is 66.7 Å². The molecule has 1 saturated heterocycles. The lowest BCUT2D eigenvalue weighted by Gasteiger charge is -2.25. The van der Waals surface area contributed by atoms with E-state index in [1.54, 1.807) is 7.11 Å². The van der Waals surface area contributed by atoms with Gasteiger partial charge in [-0.15, -0.1) is 0 Å². The molecule has 2 amide bonds. The minimum Gasteiger partial charge on any atom is -0.497 e. The summed E-state index contributed by atoms with van der Waals surface area (Å²) in [6.45, 7) is 0.351. The molecule has 3 aromatic rings. The predicted octanol–water partition coefficient (Wildman–Crippen LogP) is 4.57. The summed E-state index contributed by atoms with van der Waals surface area (Å²) in [6, 6.07) is 16.2. The Morgan fingerprint density at radius 1 is 1.14 bits per heavy atom. The molecule has 10 nitrogen and oxygen atoms in total. The van der Waals surface area contributed by atoms with E-state index in [2.05, 4.69) is 5.32 Å². The van der Waals surface area contributed by atoms with E-state index in [-0.39, 0.29) is 25.5 Å². The number of carbonyl (C=O) groups excluding carboxylic acids is 2. The Labute approximate surface area is 243 Å². The van der Waals surface area contributed by atoms with Crippen molar-refractivity contribution in [2.75, 3.05) is 20.3 Å². The number of hydrogen-bond acceptors (Lipinski definition) is 7. The van der Waals surface area contributed by atoms with Gasteiger partial charge in [0, 0.05) is 35.4 Å². The number of carbonyl (C=O) groups is 3. The molecule has 6 rings (SSSR count). The average molecular weight is 572 g/mol. The molecule has 0 bridgehead atoms. The Morgan fingerprint density at radius 2 is 1.98 bits per heavy atom. The van der Waals surface area contributed by atoms with Gasteiger partial charge in [0.15, 0.2) is 0 Å². The number of rotatable bonds is 5. The van der Waals surface area contributed by atoms with Crippen LogP contribution in [-0.2, 0) is 14.3 Å². The number of pyridine rings is 1. The van der Waals surface area contributed by atoms with Gasteiger partial charge >= 0.3 is 12.1 Å². The number of carboxylic acids is 1. The molecule has 2 aromatic carbocycles. The fourth-order valence-corrected chi connectivity index (χ4v) is 5.80. The van der Waals surface area contributed by atoms with Gasteiger partial charge in [0.1, 0.15) is 29.2 Å². The quantitative estimate of drug-likeness (QED) is 0.427. The van der Waals surface area contributed by atoms with Crippen molar-refractivity contribution in [1.29, 1.82) is 0 Å². The molecule has 4 atom stereocenters. The molecule has 1 aromatic heterocycles. The molecule has 0 radical (unpaired) electrons. The summed E-state index contributed by atoms with van der Waals surface area (Å²) in [5.41, 5.74) is 0.926. The second kappa shape index (κ2) is 11.3. The summed E-state index contributed by atoms with van der Waals surface area (Å²) in [6.07, 6.45) is 5.38. The third-order valence-corrected chi connectivity index (χ3v) is 8.24. The molecule has 218 valence electrons. The van der Waals surface area contributed by atoms with E-state index >= 15 is 0 Å². The van der Waals surface area contributed by atoms with E-state index in [1.165, 1.54) is 4.90 Å². The lowest BCUT2D eigenvalue weighted by molar-refractivity contribution is -0.144. The average Bonchev–Trinajstić information content (AvgIpc) is 3.53. The lowest BCUT2D eigenvalue weighted by Crippen LogP contribution is -2.53. The van der Waals surface area contributed by atoms with Crippen molar-refractivity contribution in [3.63, 3.8) is 0 Å². The monoisotopic (exact) mass is 571 g/mol. The van der Waals surface area contributed by atoms with Crippen molar-refractivity contribution in [2.24, 2.45) is 5.92 Å². The summed E-state index contributed by atoms with van der Waals surface area (Å²) in [5.74, 6) is -0.678. The molecule has 10 heteroatoms. The zero-order valence-electron chi connectivity index (χ0n) is 23.3. The van der Waals surface area contributed by atoms with Crippen LogP contribution >= 0.6 is 0 Å². The Morgan fingerprint density at radius 3 is 2.76 bits per heavy atom. The van der Waals surface area contributed by atoms with E-state index in [4.69, 9.17) is 19.2 Å². The van der Waals surface area contributed by atoms with E-state index in [0.29, 0.717) is 35.6 Å². The van der Waals surface area contributed by atoms with Crippen LogP contribution in [0.2, 0.25) is 0 Å². The minimum atomic E-state index is -1.36. The smallest absolute Gasteiger partial charge is 0.410 e. The Balaban J connectivity index is 1.31. The maximum Gasteiger partial charge on any atom is 0.410 e. The SMILES string of the molecule is COc1ccc2c(O[C@@H]3C[C@H]4C(=O)N[C@]5(C(=O)O)C[C@H]5C=CCCCCOC(=O)N4C3)cc(-c3ccccc3)nc2c1. The first-order valence-electron chi connectivity index (χ1n) is 14.2. The number of allylic oxidation sites excluding steroid dienone is 1. The Kier molecular flexibility index (Phi) is 7.45. The van der Waals surface area contributed by atoms with E-state index in [9.17, 15) is 19.5 Å². The lowest BCUT2D eigenvalue weighted by atomic mass is 10.1. The molecule has 0 unspecified atom stereocenters. The summed E-state index contributed by atoms with van der Waals surface area (Å²) in [4.78, 5) is 45.1. The number of ether oxygens (including phenoxy) is 3. The van der Waals surface area contributed by atoms with Crippen molar-refractivity contribution in [3.05, 3.63) is 66.7 Å². The molecule has 0 spiro atoms. The molecular formula is C32H33N3O7. The number of aliphatic carboxylic acids is 1. The van der Waals surface area contributed by atoms with Gasteiger partial charge in [0.05, 0.1) is 31.5 Å². The van der Waals surface area contributed by atoms with Gasteiger partial charge in [-0.3, -0.25) is 9.69 Å². The van der Waals surface area contributed by atoms with Crippen molar-refractivity contribution in [2.45, 2.75) is 49.8 Å². The molecular weight excluding hydrogens is 538 g/mol. The number of fused-ring (bicyclic) bond motifs is 3. The maximum absolute atomic E-state index is 13.6. The number of hydrogen-bond donors (Lipinski definition) is 2. The van der Waals surface area contributed by atoms with Crippen LogP contribution in [0.1, 0.15) is 32.1 Å². The molecule has 42 heavy (non-hydrogen) atoms. The number of cyclic esters (lactones) is 1. The van der Waals surface area contributed by atoms with E-state index in [0.717, 1.165) is 23.8 Å². The van der Waals surface area contributed by atoms with Crippen LogP contribution in [0.4, 0.5) is 4.79 Å². The van der Waals surface area contributed by atoms with Crippen molar-refractivity contribution < 1.29 is 33.7 Å². The number of methoxy groups -OCH3 is 1. The van der Waals surface area contributed by atoms with Crippen molar-refractivity contribution >= 4 is 28.9 Å². The number of aromatic nitrogens is 1. The van der Waals surface area contributed by atoms with Gasteiger partial charge < -0.3 is 24.6 Å². The summed E-state index contributed by atoms with van der Waals surface area (Å²) < 4.78 is 17.4. The van der Waals surface area contributed by atoms with Crippen LogP contribution in [0, 0.1) is 5.92 Å².